The molecule has 90 valence electrons. The van der Waals surface area contributed by atoms with Crippen LogP contribution in [0.3, 0.4) is 0 Å². The third-order valence-electron chi connectivity index (χ3n) is 3.24. The van der Waals surface area contributed by atoms with Gasteiger partial charge in [0, 0.05) is 32.6 Å². The maximum Gasteiger partial charge on any atom is 0.156 e. The van der Waals surface area contributed by atoms with E-state index in [0.29, 0.717) is 18.5 Å². The molecule has 15 heavy (non-hydrogen) atoms. The van der Waals surface area contributed by atoms with Crippen molar-refractivity contribution < 1.29 is 9.84 Å². The molecule has 1 aliphatic heterocycles. The van der Waals surface area contributed by atoms with Crippen molar-refractivity contribution in [2.24, 2.45) is 0 Å². The minimum Gasteiger partial charge on any atom is -0.368 e. The summed E-state index contributed by atoms with van der Waals surface area (Å²) in [7, 11) is 4.16. The predicted octanol–water partition coefficient (Wildman–Crippen LogP) is 1.06. The standard InChI is InChI=1S/C11H24N2O2/c1-8(2)12(4)13(5)10-6-9(3)15-11(14)7-10/h8-11,14H,6-7H2,1-5H3/t9-,10+,11-/m1/s1. The third-order valence-corrected chi connectivity index (χ3v) is 3.24. The highest BCUT2D eigenvalue weighted by Crippen LogP contribution is 2.22. The average Bonchev–Trinajstić information content (AvgIpc) is 2.13. The van der Waals surface area contributed by atoms with Gasteiger partial charge in [0.1, 0.15) is 0 Å². The second kappa shape index (κ2) is 5.25. The van der Waals surface area contributed by atoms with E-state index in [-0.39, 0.29) is 6.10 Å². The molecule has 0 saturated carbocycles. The molecule has 0 aromatic rings. The van der Waals surface area contributed by atoms with Crippen LogP contribution in [0.5, 0.6) is 0 Å². The van der Waals surface area contributed by atoms with Gasteiger partial charge in [-0.05, 0) is 27.2 Å². The van der Waals surface area contributed by atoms with Gasteiger partial charge in [0.05, 0.1) is 6.10 Å². The lowest BCUT2D eigenvalue weighted by atomic mass is 10.0. The molecule has 0 spiro atoms. The lowest BCUT2D eigenvalue weighted by Gasteiger charge is -2.42. The van der Waals surface area contributed by atoms with E-state index >= 15 is 0 Å². The van der Waals surface area contributed by atoms with Gasteiger partial charge in [0.15, 0.2) is 6.29 Å². The quantitative estimate of drug-likeness (QED) is 0.716. The number of hydrogen-bond acceptors (Lipinski definition) is 4. The molecule has 1 N–H and O–H groups in total. The lowest BCUT2D eigenvalue weighted by molar-refractivity contribution is -0.192. The SMILES string of the molecule is CC(C)N(C)N(C)[C@H]1C[C@@H](C)O[C@@H](O)C1. The molecule has 1 aliphatic rings. The van der Waals surface area contributed by atoms with E-state index in [9.17, 15) is 5.11 Å². The van der Waals surface area contributed by atoms with E-state index in [1.54, 1.807) is 0 Å². The average molecular weight is 216 g/mol. The maximum atomic E-state index is 9.55. The molecule has 0 unspecified atom stereocenters. The zero-order chi connectivity index (χ0) is 11.6. The van der Waals surface area contributed by atoms with Crippen LogP contribution in [0, 0.1) is 0 Å². The van der Waals surface area contributed by atoms with E-state index in [0.717, 1.165) is 6.42 Å². The number of rotatable bonds is 3. The van der Waals surface area contributed by atoms with E-state index in [2.05, 4.69) is 38.0 Å². The van der Waals surface area contributed by atoms with E-state index in [4.69, 9.17) is 4.74 Å². The van der Waals surface area contributed by atoms with Crippen molar-refractivity contribution in [3.05, 3.63) is 0 Å². The van der Waals surface area contributed by atoms with Crippen molar-refractivity contribution >= 4 is 0 Å². The maximum absolute atomic E-state index is 9.55. The number of nitrogens with zero attached hydrogens (tertiary/aromatic N) is 2. The van der Waals surface area contributed by atoms with Crippen LogP contribution in [0.1, 0.15) is 33.6 Å². The molecule has 0 aromatic carbocycles. The Morgan fingerprint density at radius 3 is 2.33 bits per heavy atom. The fourth-order valence-electron chi connectivity index (χ4n) is 2.02. The molecule has 0 bridgehead atoms. The van der Waals surface area contributed by atoms with Crippen molar-refractivity contribution in [3.8, 4) is 0 Å². The summed E-state index contributed by atoms with van der Waals surface area (Å²) in [5.74, 6) is 0. The van der Waals surface area contributed by atoms with E-state index in [1.807, 2.05) is 6.92 Å². The smallest absolute Gasteiger partial charge is 0.156 e. The van der Waals surface area contributed by atoms with Gasteiger partial charge in [-0.25, -0.2) is 10.0 Å². The summed E-state index contributed by atoms with van der Waals surface area (Å²) in [6.07, 6.45) is 1.20. The minimum absolute atomic E-state index is 0.141. The Morgan fingerprint density at radius 1 is 1.27 bits per heavy atom. The number of aliphatic hydroxyl groups excluding tert-OH is 1. The van der Waals surface area contributed by atoms with E-state index in [1.165, 1.54) is 0 Å². The molecular weight excluding hydrogens is 192 g/mol. The Labute approximate surface area is 92.8 Å². The second-order valence-corrected chi connectivity index (χ2v) is 4.77. The first-order valence-corrected chi connectivity index (χ1v) is 5.71. The zero-order valence-corrected chi connectivity index (χ0v) is 10.5. The number of aliphatic hydroxyl groups is 1. The summed E-state index contributed by atoms with van der Waals surface area (Å²) in [6, 6.07) is 0.849. The van der Waals surface area contributed by atoms with Crippen LogP contribution in [0.15, 0.2) is 0 Å². The zero-order valence-electron chi connectivity index (χ0n) is 10.5. The van der Waals surface area contributed by atoms with Gasteiger partial charge in [0.25, 0.3) is 0 Å². The summed E-state index contributed by atoms with van der Waals surface area (Å²) in [4.78, 5) is 0. The monoisotopic (exact) mass is 216 g/mol. The van der Waals surface area contributed by atoms with Crippen LogP contribution in [-0.4, -0.2) is 53.7 Å². The molecule has 1 saturated heterocycles. The Hall–Kier alpha value is -0.160. The topological polar surface area (TPSA) is 35.9 Å². The molecule has 1 rings (SSSR count). The molecule has 0 aromatic heterocycles. The van der Waals surface area contributed by atoms with Crippen LogP contribution < -0.4 is 0 Å². The Bertz CT molecular complexity index is 189. The van der Waals surface area contributed by atoms with Gasteiger partial charge in [-0.3, -0.25) is 0 Å². The van der Waals surface area contributed by atoms with Crippen LogP contribution >= 0.6 is 0 Å². The number of ether oxygens (including phenoxy) is 1. The Kier molecular flexibility index (Phi) is 4.52. The molecule has 1 fully saturated rings. The summed E-state index contributed by atoms with van der Waals surface area (Å²) in [5, 5.41) is 14.0. The van der Waals surface area contributed by atoms with Crippen molar-refractivity contribution in [1.29, 1.82) is 0 Å². The second-order valence-electron chi connectivity index (χ2n) is 4.77. The third kappa shape index (κ3) is 3.41. The largest absolute Gasteiger partial charge is 0.368 e. The summed E-state index contributed by atoms with van der Waals surface area (Å²) < 4.78 is 5.32. The molecule has 0 radical (unpaired) electrons. The Morgan fingerprint density at radius 2 is 1.87 bits per heavy atom. The number of hydrogen-bond donors (Lipinski definition) is 1. The first-order valence-electron chi connectivity index (χ1n) is 5.71. The highest BCUT2D eigenvalue weighted by molar-refractivity contribution is 4.77. The summed E-state index contributed by atoms with van der Waals surface area (Å²) in [6.45, 7) is 6.34. The highest BCUT2D eigenvalue weighted by Gasteiger charge is 2.30. The van der Waals surface area contributed by atoms with Crippen molar-refractivity contribution in [1.82, 2.24) is 10.0 Å². The minimum atomic E-state index is -0.609. The first-order chi connectivity index (χ1) is 6.91. The van der Waals surface area contributed by atoms with Crippen molar-refractivity contribution in [2.75, 3.05) is 14.1 Å². The lowest BCUT2D eigenvalue weighted by Crippen LogP contribution is -2.51. The molecule has 0 aliphatic carbocycles. The summed E-state index contributed by atoms with van der Waals surface area (Å²) in [5.41, 5.74) is 0. The van der Waals surface area contributed by atoms with Crippen LogP contribution in [-0.2, 0) is 4.74 Å². The molecular formula is C11H24N2O2. The van der Waals surface area contributed by atoms with Gasteiger partial charge < -0.3 is 9.84 Å². The van der Waals surface area contributed by atoms with Crippen LogP contribution in [0.2, 0.25) is 0 Å². The Balaban J connectivity index is 2.54. The van der Waals surface area contributed by atoms with Gasteiger partial charge in [-0.2, -0.15) is 0 Å². The van der Waals surface area contributed by atoms with Crippen molar-refractivity contribution in [3.63, 3.8) is 0 Å². The molecule has 3 atom stereocenters. The molecule has 4 nitrogen and oxygen atoms in total. The molecule has 1 heterocycles. The predicted molar refractivity (Wildman–Crippen MR) is 60.2 cm³/mol. The fraction of sp³-hybridized carbons (Fsp3) is 1.00. The van der Waals surface area contributed by atoms with Gasteiger partial charge in [-0.15, -0.1) is 0 Å². The van der Waals surface area contributed by atoms with Crippen molar-refractivity contribution in [2.45, 2.75) is 58.1 Å². The van der Waals surface area contributed by atoms with Crippen LogP contribution in [0.25, 0.3) is 0 Å². The van der Waals surface area contributed by atoms with Crippen LogP contribution in [0.4, 0.5) is 0 Å². The summed E-state index contributed by atoms with van der Waals surface area (Å²) >= 11 is 0. The van der Waals surface area contributed by atoms with Gasteiger partial charge in [-0.1, -0.05) is 0 Å². The normalized spacial score (nSPS) is 33.0. The first kappa shape index (κ1) is 12.9. The fourth-order valence-corrected chi connectivity index (χ4v) is 2.02. The number of hydrazine groups is 1. The van der Waals surface area contributed by atoms with Gasteiger partial charge in [0.2, 0.25) is 0 Å². The van der Waals surface area contributed by atoms with E-state index < -0.39 is 6.29 Å². The molecule has 0 amide bonds. The highest BCUT2D eigenvalue weighted by atomic mass is 16.6. The van der Waals surface area contributed by atoms with Gasteiger partial charge >= 0.3 is 0 Å². The molecule has 4 heteroatoms.